The molecular formula is C11H23IN4. The fourth-order valence-corrected chi connectivity index (χ4v) is 2.33. The maximum atomic E-state index is 4.43. The Balaban J connectivity index is 0.00000128. The third kappa shape index (κ3) is 3.48. The van der Waals surface area contributed by atoms with E-state index < -0.39 is 0 Å². The molecule has 0 radical (unpaired) electrons. The van der Waals surface area contributed by atoms with Gasteiger partial charge in [-0.1, -0.05) is 6.92 Å². The van der Waals surface area contributed by atoms with Crippen molar-refractivity contribution >= 4 is 29.9 Å². The van der Waals surface area contributed by atoms with E-state index in [2.05, 4.69) is 34.1 Å². The maximum absolute atomic E-state index is 4.43. The Kier molecular flexibility index (Phi) is 5.82. The quantitative estimate of drug-likeness (QED) is 0.774. The van der Waals surface area contributed by atoms with Crippen LogP contribution >= 0.6 is 24.0 Å². The molecule has 2 aliphatic rings. The predicted molar refractivity (Wildman–Crippen MR) is 78.6 cm³/mol. The van der Waals surface area contributed by atoms with Crippen LogP contribution in [0.25, 0.3) is 0 Å². The molecule has 5 heteroatoms. The molecule has 2 rings (SSSR count). The summed E-state index contributed by atoms with van der Waals surface area (Å²) in [5, 5.41) is 3.47. The van der Waals surface area contributed by atoms with Crippen LogP contribution in [0.4, 0.5) is 0 Å². The van der Waals surface area contributed by atoms with Gasteiger partial charge in [-0.15, -0.1) is 24.0 Å². The molecule has 0 aromatic carbocycles. The van der Waals surface area contributed by atoms with Gasteiger partial charge >= 0.3 is 0 Å². The van der Waals surface area contributed by atoms with Gasteiger partial charge in [0.05, 0.1) is 6.54 Å². The second-order valence-corrected chi connectivity index (χ2v) is 4.56. The summed E-state index contributed by atoms with van der Waals surface area (Å²) in [4.78, 5) is 9.16. The number of aliphatic imine (C=N–C) groups is 1. The second kappa shape index (κ2) is 6.64. The zero-order valence-corrected chi connectivity index (χ0v) is 12.6. The van der Waals surface area contributed by atoms with E-state index in [1.165, 1.54) is 26.1 Å². The van der Waals surface area contributed by atoms with Gasteiger partial charge in [0.1, 0.15) is 0 Å². The maximum Gasteiger partial charge on any atom is 0.193 e. The van der Waals surface area contributed by atoms with Crippen molar-refractivity contribution in [1.29, 1.82) is 0 Å². The Morgan fingerprint density at radius 3 is 2.81 bits per heavy atom. The molecule has 0 aromatic rings. The molecule has 1 N–H and O–H groups in total. The van der Waals surface area contributed by atoms with Gasteiger partial charge < -0.3 is 15.1 Å². The molecule has 1 atom stereocenters. The van der Waals surface area contributed by atoms with Crippen molar-refractivity contribution < 1.29 is 0 Å². The summed E-state index contributed by atoms with van der Waals surface area (Å²) in [5.41, 5.74) is 0. The first-order valence-corrected chi connectivity index (χ1v) is 6.01. The average molecular weight is 338 g/mol. The van der Waals surface area contributed by atoms with Crippen LogP contribution in [-0.4, -0.2) is 62.1 Å². The number of likely N-dealkylation sites (tertiary alicyclic amines) is 1. The third-order valence-corrected chi connectivity index (χ3v) is 3.42. The molecule has 0 amide bonds. The van der Waals surface area contributed by atoms with Crippen molar-refractivity contribution in [3.05, 3.63) is 0 Å². The van der Waals surface area contributed by atoms with E-state index in [0.29, 0.717) is 0 Å². The third-order valence-electron chi connectivity index (χ3n) is 3.42. The number of hydrogen-bond donors (Lipinski definition) is 1. The highest BCUT2D eigenvalue weighted by Gasteiger charge is 2.22. The van der Waals surface area contributed by atoms with E-state index in [9.17, 15) is 0 Å². The zero-order chi connectivity index (χ0) is 10.7. The Hall–Kier alpha value is -0.0400. The summed E-state index contributed by atoms with van der Waals surface area (Å²) in [5.74, 6) is 1.89. The van der Waals surface area contributed by atoms with Crippen molar-refractivity contribution in [1.82, 2.24) is 15.1 Å². The number of halogens is 1. The molecular weight excluding hydrogens is 315 g/mol. The summed E-state index contributed by atoms with van der Waals surface area (Å²) in [7, 11) is 2.10. The van der Waals surface area contributed by atoms with Crippen LogP contribution < -0.4 is 5.32 Å². The van der Waals surface area contributed by atoms with Gasteiger partial charge in [-0.05, 0) is 25.4 Å². The molecule has 0 bridgehead atoms. The topological polar surface area (TPSA) is 30.9 Å². The number of rotatable bonds is 3. The molecule has 0 spiro atoms. The van der Waals surface area contributed by atoms with Crippen LogP contribution in [-0.2, 0) is 0 Å². The Labute approximate surface area is 115 Å². The molecule has 1 saturated heterocycles. The Morgan fingerprint density at radius 1 is 1.44 bits per heavy atom. The number of hydrogen-bond acceptors (Lipinski definition) is 4. The lowest BCUT2D eigenvalue weighted by Crippen LogP contribution is -2.38. The Bertz CT molecular complexity index is 244. The van der Waals surface area contributed by atoms with Crippen LogP contribution in [0.2, 0.25) is 0 Å². The van der Waals surface area contributed by atoms with Crippen LogP contribution in [0.15, 0.2) is 4.99 Å². The summed E-state index contributed by atoms with van der Waals surface area (Å²) in [6.07, 6.45) is 1.33. The minimum absolute atomic E-state index is 0. The van der Waals surface area contributed by atoms with Crippen molar-refractivity contribution in [3.63, 3.8) is 0 Å². The lowest BCUT2D eigenvalue weighted by Gasteiger charge is -2.18. The summed E-state index contributed by atoms with van der Waals surface area (Å²) in [6, 6.07) is 0. The van der Waals surface area contributed by atoms with E-state index in [-0.39, 0.29) is 24.0 Å². The van der Waals surface area contributed by atoms with E-state index in [1.807, 2.05) is 0 Å². The summed E-state index contributed by atoms with van der Waals surface area (Å²) >= 11 is 0. The van der Waals surface area contributed by atoms with Gasteiger partial charge in [0.2, 0.25) is 0 Å². The minimum Gasteiger partial charge on any atom is -0.356 e. The monoisotopic (exact) mass is 338 g/mol. The standard InChI is InChI=1S/C11H22N4.HI/c1-3-15-6-4-10(9-15)8-13-11-12-5-7-14(11)2;/h10H,3-9H2,1-2H3,(H,12,13);1H. The normalized spacial score (nSPS) is 25.5. The lowest BCUT2D eigenvalue weighted by atomic mass is 10.1. The van der Waals surface area contributed by atoms with Gasteiger partial charge in [0.15, 0.2) is 5.96 Å². The number of nitrogens with zero attached hydrogens (tertiary/aromatic N) is 3. The lowest BCUT2D eigenvalue weighted by molar-refractivity contribution is 0.341. The number of guanidine groups is 1. The van der Waals surface area contributed by atoms with Crippen molar-refractivity contribution in [2.45, 2.75) is 13.3 Å². The Morgan fingerprint density at radius 2 is 2.25 bits per heavy atom. The van der Waals surface area contributed by atoms with E-state index >= 15 is 0 Å². The highest BCUT2D eigenvalue weighted by Crippen LogP contribution is 2.14. The van der Waals surface area contributed by atoms with Crippen LogP contribution in [0.1, 0.15) is 13.3 Å². The predicted octanol–water partition coefficient (Wildman–Crippen LogP) is 0.837. The van der Waals surface area contributed by atoms with Gasteiger partial charge in [-0.3, -0.25) is 4.99 Å². The fraction of sp³-hybridized carbons (Fsp3) is 0.909. The first-order valence-electron chi connectivity index (χ1n) is 6.01. The van der Waals surface area contributed by atoms with Gasteiger partial charge in [-0.2, -0.15) is 0 Å². The summed E-state index contributed by atoms with van der Waals surface area (Å²) in [6.45, 7) is 9.05. The van der Waals surface area contributed by atoms with E-state index in [0.717, 1.165) is 31.5 Å². The molecule has 4 nitrogen and oxygen atoms in total. The molecule has 0 aromatic heterocycles. The van der Waals surface area contributed by atoms with Gasteiger partial charge in [0.25, 0.3) is 0 Å². The molecule has 1 unspecified atom stereocenters. The first-order chi connectivity index (χ1) is 7.29. The molecule has 94 valence electrons. The minimum atomic E-state index is 0. The van der Waals surface area contributed by atoms with E-state index in [4.69, 9.17) is 0 Å². The molecule has 16 heavy (non-hydrogen) atoms. The number of likely N-dealkylation sites (N-methyl/N-ethyl adjacent to an activating group) is 1. The highest BCUT2D eigenvalue weighted by molar-refractivity contribution is 14.0. The number of nitrogens with one attached hydrogen (secondary N) is 1. The second-order valence-electron chi connectivity index (χ2n) is 4.56. The van der Waals surface area contributed by atoms with Crippen molar-refractivity contribution in [3.8, 4) is 0 Å². The van der Waals surface area contributed by atoms with Gasteiger partial charge in [-0.25, -0.2) is 0 Å². The average Bonchev–Trinajstić information content (AvgIpc) is 2.84. The van der Waals surface area contributed by atoms with Crippen LogP contribution in [0, 0.1) is 5.92 Å². The largest absolute Gasteiger partial charge is 0.356 e. The van der Waals surface area contributed by atoms with E-state index in [1.54, 1.807) is 0 Å². The van der Waals surface area contributed by atoms with Crippen molar-refractivity contribution in [2.75, 3.05) is 46.3 Å². The molecule has 1 fully saturated rings. The highest BCUT2D eigenvalue weighted by atomic mass is 127. The summed E-state index contributed by atoms with van der Waals surface area (Å²) < 4.78 is 0. The van der Waals surface area contributed by atoms with Crippen LogP contribution in [0.5, 0.6) is 0 Å². The SMILES string of the molecule is CCN1CCC(CNC2=NCCN2C)C1.I. The molecule has 2 heterocycles. The molecule has 0 saturated carbocycles. The van der Waals surface area contributed by atoms with Crippen molar-refractivity contribution in [2.24, 2.45) is 10.9 Å². The molecule has 0 aliphatic carbocycles. The smallest absolute Gasteiger partial charge is 0.193 e. The first kappa shape index (κ1) is 14.0. The molecule has 2 aliphatic heterocycles. The fourth-order valence-electron chi connectivity index (χ4n) is 2.33. The zero-order valence-electron chi connectivity index (χ0n) is 10.3. The van der Waals surface area contributed by atoms with Gasteiger partial charge in [0, 0.05) is 26.7 Å². The van der Waals surface area contributed by atoms with Crippen LogP contribution in [0.3, 0.4) is 0 Å².